The number of hydrogen-bond acceptors (Lipinski definition) is 7. The van der Waals surface area contributed by atoms with E-state index in [0.29, 0.717) is 41.6 Å². The van der Waals surface area contributed by atoms with Crippen LogP contribution in [0.5, 0.6) is 17.2 Å². The van der Waals surface area contributed by atoms with Crippen LogP contribution in [0.25, 0.3) is 11.1 Å². The van der Waals surface area contributed by atoms with E-state index in [9.17, 15) is 9.59 Å². The van der Waals surface area contributed by atoms with Crippen molar-refractivity contribution in [1.29, 1.82) is 5.26 Å². The van der Waals surface area contributed by atoms with Crippen molar-refractivity contribution in [2.45, 2.75) is 25.7 Å². The molecule has 0 N–H and O–H groups in total. The minimum atomic E-state index is -0.506. The van der Waals surface area contributed by atoms with Crippen LogP contribution in [0.2, 0.25) is 0 Å². The Balaban J connectivity index is 1.48. The maximum absolute atomic E-state index is 12.7. The van der Waals surface area contributed by atoms with Crippen molar-refractivity contribution in [2.75, 3.05) is 20.3 Å². The first-order chi connectivity index (χ1) is 18.0. The van der Waals surface area contributed by atoms with Crippen LogP contribution in [-0.2, 0) is 9.53 Å². The largest absolute Gasteiger partial charge is 0.493 e. The molecule has 0 aliphatic heterocycles. The number of nitriles is 1. The fraction of sp³-hybridized carbons (Fsp3) is 0.233. The molecule has 0 atom stereocenters. The van der Waals surface area contributed by atoms with E-state index < -0.39 is 11.9 Å². The quantitative estimate of drug-likeness (QED) is 0.121. The van der Waals surface area contributed by atoms with E-state index in [-0.39, 0.29) is 0 Å². The van der Waals surface area contributed by atoms with Crippen molar-refractivity contribution in [2.24, 2.45) is 0 Å². The molecule has 37 heavy (non-hydrogen) atoms. The molecule has 0 fully saturated rings. The third-order valence-electron chi connectivity index (χ3n) is 5.52. The number of hydrogen-bond donors (Lipinski definition) is 0. The van der Waals surface area contributed by atoms with Crippen molar-refractivity contribution in [3.05, 3.63) is 90.5 Å². The molecule has 0 bridgehead atoms. The number of methoxy groups -OCH3 is 1. The lowest BCUT2D eigenvalue weighted by Gasteiger charge is -2.12. The molecule has 0 aromatic heterocycles. The third kappa shape index (κ3) is 8.25. The van der Waals surface area contributed by atoms with Gasteiger partial charge in [0.25, 0.3) is 0 Å². The van der Waals surface area contributed by atoms with Gasteiger partial charge in [0.15, 0.2) is 11.5 Å². The molecule has 0 heterocycles. The van der Waals surface area contributed by atoms with Crippen molar-refractivity contribution in [3.63, 3.8) is 0 Å². The molecule has 0 saturated carbocycles. The molecule has 190 valence electrons. The fourth-order valence-corrected chi connectivity index (χ4v) is 3.50. The molecule has 0 aliphatic carbocycles. The number of carbonyl (C=O) groups excluding carboxylic acids is 2. The predicted molar refractivity (Wildman–Crippen MR) is 140 cm³/mol. The molecular formula is C30H29NO6. The van der Waals surface area contributed by atoms with E-state index in [1.165, 1.54) is 7.11 Å². The van der Waals surface area contributed by atoms with Gasteiger partial charge in [0.1, 0.15) is 5.75 Å². The van der Waals surface area contributed by atoms with Crippen molar-refractivity contribution in [1.82, 2.24) is 0 Å². The highest BCUT2D eigenvalue weighted by Crippen LogP contribution is 2.29. The molecule has 0 amide bonds. The number of unbranched alkanes of at least 4 members (excludes halogenated alkanes) is 3. The van der Waals surface area contributed by atoms with Gasteiger partial charge in [-0.3, -0.25) is 0 Å². The molecule has 0 saturated heterocycles. The lowest BCUT2D eigenvalue weighted by molar-refractivity contribution is -0.137. The predicted octanol–water partition coefficient (Wildman–Crippen LogP) is 6.12. The van der Waals surface area contributed by atoms with Crippen LogP contribution in [-0.4, -0.2) is 32.3 Å². The standard InChI is InChI=1S/C30H29NO6/c1-3-29(32)36-19-7-5-4-6-18-35-27-17-14-25(20-28(27)34-2)30(33)37-26-15-12-24(13-16-26)23-10-8-22(21-31)9-11-23/h3,8-17,20H,1,4-7,18-19H2,2H3. The number of ether oxygens (including phenoxy) is 4. The normalized spacial score (nSPS) is 10.2. The topological polar surface area (TPSA) is 94.9 Å². The summed E-state index contributed by atoms with van der Waals surface area (Å²) in [7, 11) is 1.52. The number of carbonyl (C=O) groups is 2. The van der Waals surface area contributed by atoms with Gasteiger partial charge in [0.05, 0.1) is 37.5 Å². The molecular weight excluding hydrogens is 470 g/mol. The third-order valence-corrected chi connectivity index (χ3v) is 5.52. The first kappa shape index (κ1) is 27.0. The fourth-order valence-electron chi connectivity index (χ4n) is 3.50. The smallest absolute Gasteiger partial charge is 0.343 e. The molecule has 0 aliphatic rings. The van der Waals surface area contributed by atoms with E-state index in [0.717, 1.165) is 42.9 Å². The Labute approximate surface area is 216 Å². The molecule has 7 nitrogen and oxygen atoms in total. The van der Waals surface area contributed by atoms with Gasteiger partial charge >= 0.3 is 11.9 Å². The Morgan fingerprint density at radius 1 is 0.865 bits per heavy atom. The Hall–Kier alpha value is -4.57. The van der Waals surface area contributed by atoms with E-state index in [4.69, 9.17) is 24.2 Å². The maximum atomic E-state index is 12.7. The minimum Gasteiger partial charge on any atom is -0.493 e. The second-order valence-electron chi connectivity index (χ2n) is 8.10. The summed E-state index contributed by atoms with van der Waals surface area (Å²) < 4.78 is 21.7. The van der Waals surface area contributed by atoms with Crippen LogP contribution < -0.4 is 14.2 Å². The zero-order valence-corrected chi connectivity index (χ0v) is 20.8. The number of rotatable bonds is 13. The van der Waals surface area contributed by atoms with Crippen LogP contribution >= 0.6 is 0 Å². The van der Waals surface area contributed by atoms with Crippen LogP contribution in [0.1, 0.15) is 41.6 Å². The van der Waals surface area contributed by atoms with Crippen LogP contribution in [0, 0.1) is 11.3 Å². The summed E-state index contributed by atoms with van der Waals surface area (Å²) in [5.41, 5.74) is 2.85. The van der Waals surface area contributed by atoms with Gasteiger partial charge in [-0.2, -0.15) is 5.26 Å². The lowest BCUT2D eigenvalue weighted by Crippen LogP contribution is -2.09. The highest BCUT2D eigenvalue weighted by atomic mass is 16.5. The Kier molecular flexibility index (Phi) is 10.3. The summed E-state index contributed by atoms with van der Waals surface area (Å²) >= 11 is 0. The Morgan fingerprint density at radius 3 is 2.14 bits per heavy atom. The molecule has 0 spiro atoms. The molecule has 0 unspecified atom stereocenters. The van der Waals surface area contributed by atoms with Gasteiger partial charge in [-0.05, 0) is 79.3 Å². The van der Waals surface area contributed by atoms with Gasteiger partial charge in [0.2, 0.25) is 0 Å². The zero-order chi connectivity index (χ0) is 26.5. The zero-order valence-electron chi connectivity index (χ0n) is 20.8. The molecule has 3 rings (SSSR count). The summed E-state index contributed by atoms with van der Waals surface area (Å²) in [4.78, 5) is 23.7. The van der Waals surface area contributed by atoms with E-state index in [2.05, 4.69) is 12.6 Å². The van der Waals surface area contributed by atoms with Gasteiger partial charge < -0.3 is 18.9 Å². The first-order valence-electron chi connectivity index (χ1n) is 12.0. The highest BCUT2D eigenvalue weighted by molar-refractivity contribution is 5.92. The first-order valence-corrected chi connectivity index (χ1v) is 12.0. The lowest BCUT2D eigenvalue weighted by atomic mass is 10.0. The van der Waals surface area contributed by atoms with E-state index >= 15 is 0 Å². The van der Waals surface area contributed by atoms with E-state index in [1.54, 1.807) is 42.5 Å². The summed E-state index contributed by atoms with van der Waals surface area (Å²) in [6.07, 6.45) is 4.63. The van der Waals surface area contributed by atoms with Crippen LogP contribution in [0.15, 0.2) is 79.4 Å². The minimum absolute atomic E-state index is 0.342. The van der Waals surface area contributed by atoms with Crippen molar-refractivity contribution in [3.8, 4) is 34.4 Å². The van der Waals surface area contributed by atoms with E-state index in [1.807, 2.05) is 24.3 Å². The van der Waals surface area contributed by atoms with Gasteiger partial charge in [-0.1, -0.05) is 30.8 Å². The van der Waals surface area contributed by atoms with Gasteiger partial charge in [-0.25, -0.2) is 9.59 Å². The van der Waals surface area contributed by atoms with Gasteiger partial charge in [0, 0.05) is 6.08 Å². The maximum Gasteiger partial charge on any atom is 0.343 e. The number of nitrogens with zero attached hydrogens (tertiary/aromatic N) is 1. The average Bonchev–Trinajstić information content (AvgIpc) is 2.94. The van der Waals surface area contributed by atoms with Crippen LogP contribution in [0.4, 0.5) is 0 Å². The summed E-state index contributed by atoms with van der Waals surface area (Å²) in [5, 5.41) is 8.94. The monoisotopic (exact) mass is 499 g/mol. The van der Waals surface area contributed by atoms with Crippen LogP contribution in [0.3, 0.4) is 0 Å². The molecule has 0 radical (unpaired) electrons. The average molecular weight is 500 g/mol. The van der Waals surface area contributed by atoms with Gasteiger partial charge in [-0.15, -0.1) is 0 Å². The molecule has 7 heteroatoms. The number of esters is 2. The van der Waals surface area contributed by atoms with Crippen molar-refractivity contribution < 1.29 is 28.5 Å². The Bertz CT molecular complexity index is 1240. The number of benzene rings is 3. The molecule has 3 aromatic carbocycles. The SMILES string of the molecule is C=CC(=O)OCCCCCCOc1ccc(C(=O)Oc2ccc(-c3ccc(C#N)cc3)cc2)cc1OC. The molecule has 3 aromatic rings. The summed E-state index contributed by atoms with van der Waals surface area (Å²) in [5.74, 6) is 0.502. The van der Waals surface area contributed by atoms with Crippen molar-refractivity contribution >= 4 is 11.9 Å². The second-order valence-corrected chi connectivity index (χ2v) is 8.10. The highest BCUT2D eigenvalue weighted by Gasteiger charge is 2.14. The second kappa shape index (κ2) is 14.1. The summed E-state index contributed by atoms with van der Waals surface area (Å²) in [6.45, 7) is 4.24. The summed E-state index contributed by atoms with van der Waals surface area (Å²) in [6, 6.07) is 21.5. The Morgan fingerprint density at radius 2 is 1.51 bits per heavy atom.